The molecule has 96 valence electrons. The summed E-state index contributed by atoms with van der Waals surface area (Å²) in [7, 11) is 0. The van der Waals surface area contributed by atoms with E-state index in [1.165, 1.54) is 11.1 Å². The van der Waals surface area contributed by atoms with E-state index in [0.29, 0.717) is 0 Å². The number of aryl methyl sites for hydroxylation is 2. The van der Waals surface area contributed by atoms with Gasteiger partial charge in [0.2, 0.25) is 0 Å². The molecule has 0 aliphatic carbocycles. The van der Waals surface area contributed by atoms with Gasteiger partial charge >= 0.3 is 0 Å². The van der Waals surface area contributed by atoms with Crippen LogP contribution in [0.25, 0.3) is 0 Å². The molecule has 1 aromatic carbocycles. The van der Waals surface area contributed by atoms with Gasteiger partial charge in [-0.25, -0.2) is 4.98 Å². The van der Waals surface area contributed by atoms with Crippen molar-refractivity contribution in [2.75, 3.05) is 0 Å². The van der Waals surface area contributed by atoms with E-state index >= 15 is 0 Å². The number of nitrogens with one attached hydrogen (secondary N) is 1. The van der Waals surface area contributed by atoms with E-state index in [0.717, 1.165) is 31.9 Å². The summed E-state index contributed by atoms with van der Waals surface area (Å²) in [4.78, 5) is 4.36. The van der Waals surface area contributed by atoms with Gasteiger partial charge < -0.3 is 9.88 Å². The van der Waals surface area contributed by atoms with Crippen molar-refractivity contribution in [2.24, 2.45) is 0 Å². The number of imidazole rings is 1. The smallest absolute Gasteiger partial charge is 0.122 e. The van der Waals surface area contributed by atoms with Crippen molar-refractivity contribution in [3.8, 4) is 0 Å². The molecule has 0 spiro atoms. The van der Waals surface area contributed by atoms with Gasteiger partial charge in [-0.05, 0) is 24.5 Å². The predicted octanol–water partition coefficient (Wildman–Crippen LogP) is 2.76. The number of nitrogens with zero attached hydrogens (tertiary/aromatic N) is 2. The van der Waals surface area contributed by atoms with Crippen molar-refractivity contribution in [2.45, 2.75) is 39.9 Å². The number of rotatable bonds is 6. The first-order valence-electron chi connectivity index (χ1n) is 6.62. The van der Waals surface area contributed by atoms with Gasteiger partial charge in [0, 0.05) is 25.5 Å². The van der Waals surface area contributed by atoms with Crippen LogP contribution in [0.5, 0.6) is 0 Å². The van der Waals surface area contributed by atoms with Gasteiger partial charge in [0.15, 0.2) is 0 Å². The van der Waals surface area contributed by atoms with Gasteiger partial charge in [-0.2, -0.15) is 0 Å². The first-order chi connectivity index (χ1) is 8.85. The first kappa shape index (κ1) is 12.8. The summed E-state index contributed by atoms with van der Waals surface area (Å²) < 4.78 is 2.17. The molecule has 0 radical (unpaired) electrons. The van der Waals surface area contributed by atoms with E-state index in [-0.39, 0.29) is 0 Å². The van der Waals surface area contributed by atoms with Gasteiger partial charge in [0.25, 0.3) is 0 Å². The maximum atomic E-state index is 4.36. The Hall–Kier alpha value is -1.61. The Morgan fingerprint density at radius 2 is 1.89 bits per heavy atom. The van der Waals surface area contributed by atoms with Crippen LogP contribution in [0.4, 0.5) is 0 Å². The van der Waals surface area contributed by atoms with Crippen LogP contribution in [0.3, 0.4) is 0 Å². The number of hydrogen-bond donors (Lipinski definition) is 1. The summed E-state index contributed by atoms with van der Waals surface area (Å²) in [5.74, 6) is 1.10. The number of hydrogen-bond acceptors (Lipinski definition) is 2. The topological polar surface area (TPSA) is 29.9 Å². The van der Waals surface area contributed by atoms with E-state index in [9.17, 15) is 0 Å². The Labute approximate surface area is 109 Å². The molecule has 0 unspecified atom stereocenters. The molecule has 0 fully saturated rings. The highest BCUT2D eigenvalue weighted by molar-refractivity contribution is 5.26. The van der Waals surface area contributed by atoms with E-state index in [1.54, 1.807) is 0 Å². The molecule has 1 aromatic heterocycles. The zero-order chi connectivity index (χ0) is 12.8. The summed E-state index contributed by atoms with van der Waals surface area (Å²) in [6.07, 6.45) is 4.97. The van der Waals surface area contributed by atoms with Crippen LogP contribution in [-0.4, -0.2) is 9.55 Å². The Morgan fingerprint density at radius 3 is 2.61 bits per heavy atom. The number of benzene rings is 1. The molecular formula is C15H21N3. The van der Waals surface area contributed by atoms with Gasteiger partial charge in [0.1, 0.15) is 5.82 Å². The molecule has 3 nitrogen and oxygen atoms in total. The minimum Gasteiger partial charge on any atom is -0.334 e. The summed E-state index contributed by atoms with van der Waals surface area (Å²) in [5, 5.41) is 3.47. The Bertz CT molecular complexity index is 488. The summed E-state index contributed by atoms with van der Waals surface area (Å²) in [5.41, 5.74) is 2.80. The fourth-order valence-electron chi connectivity index (χ4n) is 2.18. The zero-order valence-electron chi connectivity index (χ0n) is 11.2. The average molecular weight is 243 g/mol. The first-order valence-corrected chi connectivity index (χ1v) is 6.62. The molecule has 2 aromatic rings. The van der Waals surface area contributed by atoms with Crippen LogP contribution in [0.1, 0.15) is 30.8 Å². The van der Waals surface area contributed by atoms with Crippen molar-refractivity contribution >= 4 is 0 Å². The number of aromatic nitrogens is 2. The Balaban J connectivity index is 1.92. The van der Waals surface area contributed by atoms with Crippen LogP contribution in [0.15, 0.2) is 36.7 Å². The van der Waals surface area contributed by atoms with Crippen molar-refractivity contribution in [3.63, 3.8) is 0 Å². The van der Waals surface area contributed by atoms with Gasteiger partial charge in [-0.3, -0.25) is 0 Å². The molecule has 0 atom stereocenters. The van der Waals surface area contributed by atoms with Gasteiger partial charge in [-0.1, -0.05) is 31.2 Å². The molecule has 1 N–H and O–H groups in total. The third-order valence-electron chi connectivity index (χ3n) is 3.24. The average Bonchev–Trinajstić information content (AvgIpc) is 2.87. The SMILES string of the molecule is CCc1ccccc1CNCc1nccn1CC. The zero-order valence-corrected chi connectivity index (χ0v) is 11.2. The molecule has 0 saturated carbocycles. The van der Waals surface area contributed by atoms with Crippen molar-refractivity contribution in [3.05, 3.63) is 53.6 Å². The van der Waals surface area contributed by atoms with Crippen molar-refractivity contribution < 1.29 is 0 Å². The van der Waals surface area contributed by atoms with E-state index in [1.807, 2.05) is 12.4 Å². The van der Waals surface area contributed by atoms with Gasteiger partial charge in [-0.15, -0.1) is 0 Å². The molecule has 0 aliphatic rings. The lowest BCUT2D eigenvalue weighted by atomic mass is 10.1. The lowest BCUT2D eigenvalue weighted by Gasteiger charge is -2.09. The summed E-state index contributed by atoms with van der Waals surface area (Å²) >= 11 is 0. The molecule has 3 heteroatoms. The van der Waals surface area contributed by atoms with Crippen LogP contribution in [0, 0.1) is 0 Å². The second-order valence-electron chi connectivity index (χ2n) is 4.36. The molecule has 0 saturated heterocycles. The fourth-order valence-corrected chi connectivity index (χ4v) is 2.18. The summed E-state index contributed by atoms with van der Waals surface area (Å²) in [6.45, 7) is 7.03. The van der Waals surface area contributed by atoms with Crippen LogP contribution in [0.2, 0.25) is 0 Å². The highest BCUT2D eigenvalue weighted by Gasteiger charge is 2.02. The largest absolute Gasteiger partial charge is 0.334 e. The molecule has 0 amide bonds. The van der Waals surface area contributed by atoms with Crippen LogP contribution >= 0.6 is 0 Å². The highest BCUT2D eigenvalue weighted by Crippen LogP contribution is 2.09. The summed E-state index contributed by atoms with van der Waals surface area (Å²) in [6, 6.07) is 8.59. The monoisotopic (exact) mass is 243 g/mol. The molecule has 2 rings (SSSR count). The third kappa shape index (κ3) is 2.99. The van der Waals surface area contributed by atoms with E-state index in [2.05, 4.69) is 53.0 Å². The normalized spacial score (nSPS) is 10.8. The quantitative estimate of drug-likeness (QED) is 0.845. The van der Waals surface area contributed by atoms with E-state index in [4.69, 9.17) is 0 Å². The molecular weight excluding hydrogens is 222 g/mol. The lowest BCUT2D eigenvalue weighted by molar-refractivity contribution is 0.611. The minimum atomic E-state index is 0.818. The lowest BCUT2D eigenvalue weighted by Crippen LogP contribution is -2.17. The maximum Gasteiger partial charge on any atom is 0.122 e. The second-order valence-corrected chi connectivity index (χ2v) is 4.36. The van der Waals surface area contributed by atoms with Crippen LogP contribution in [-0.2, 0) is 26.1 Å². The maximum absolute atomic E-state index is 4.36. The molecule has 0 aliphatic heterocycles. The molecule has 18 heavy (non-hydrogen) atoms. The molecule has 0 bridgehead atoms. The van der Waals surface area contributed by atoms with Crippen molar-refractivity contribution in [1.82, 2.24) is 14.9 Å². The Kier molecular flexibility index (Phi) is 4.53. The van der Waals surface area contributed by atoms with E-state index < -0.39 is 0 Å². The predicted molar refractivity (Wildman–Crippen MR) is 74.3 cm³/mol. The van der Waals surface area contributed by atoms with Gasteiger partial charge in [0.05, 0.1) is 6.54 Å². The second kappa shape index (κ2) is 6.36. The molecule has 1 heterocycles. The van der Waals surface area contributed by atoms with Crippen molar-refractivity contribution in [1.29, 1.82) is 0 Å². The minimum absolute atomic E-state index is 0.818. The standard InChI is InChI=1S/C15H21N3/c1-3-13-7-5-6-8-14(13)11-16-12-15-17-9-10-18(15)4-2/h5-10,16H,3-4,11-12H2,1-2H3. The van der Waals surface area contributed by atoms with Crippen LogP contribution < -0.4 is 5.32 Å². The third-order valence-corrected chi connectivity index (χ3v) is 3.24. The Morgan fingerprint density at radius 1 is 1.11 bits per heavy atom. The fraction of sp³-hybridized carbons (Fsp3) is 0.400. The highest BCUT2D eigenvalue weighted by atomic mass is 15.1.